The second kappa shape index (κ2) is 6.51. The van der Waals surface area contributed by atoms with Crippen LogP contribution in [0.5, 0.6) is 0 Å². The van der Waals surface area contributed by atoms with Crippen LogP contribution in [0.25, 0.3) is 0 Å². The molecule has 1 N–H and O–H groups in total. The third-order valence-corrected chi connectivity index (χ3v) is 4.28. The second-order valence-corrected chi connectivity index (χ2v) is 5.67. The van der Waals surface area contributed by atoms with Gasteiger partial charge in [0.05, 0.1) is 5.69 Å². The van der Waals surface area contributed by atoms with Gasteiger partial charge in [-0.15, -0.1) is 0 Å². The van der Waals surface area contributed by atoms with E-state index in [2.05, 4.69) is 0 Å². The van der Waals surface area contributed by atoms with Crippen LogP contribution >= 0.6 is 7.75 Å². The molecule has 0 radical (unpaired) electrons. The molecule has 0 spiro atoms. The van der Waals surface area contributed by atoms with Crippen molar-refractivity contribution in [3.8, 4) is 0 Å². The van der Waals surface area contributed by atoms with E-state index in [1.807, 2.05) is 0 Å². The summed E-state index contributed by atoms with van der Waals surface area (Å²) >= 11 is 0. The number of imide groups is 1. The zero-order valence-electron chi connectivity index (χ0n) is 11.2. The van der Waals surface area contributed by atoms with E-state index in [1.165, 1.54) is 12.1 Å². The molecule has 20 heavy (non-hydrogen) atoms. The number of carbonyl (C=O) groups is 2. The van der Waals surface area contributed by atoms with Crippen molar-refractivity contribution in [2.24, 2.45) is 0 Å². The second-order valence-electron chi connectivity index (χ2n) is 3.61. The van der Waals surface area contributed by atoms with Crippen LogP contribution in [0.15, 0.2) is 30.3 Å². The van der Waals surface area contributed by atoms with Crippen LogP contribution in [0.2, 0.25) is 0 Å². The van der Waals surface area contributed by atoms with Crippen LogP contribution in [0.3, 0.4) is 0 Å². The van der Waals surface area contributed by atoms with E-state index in [0.717, 1.165) is 21.3 Å². The van der Waals surface area contributed by atoms with Gasteiger partial charge in [-0.2, -0.15) is 4.67 Å². The Bertz CT molecular complexity index is 527. The number of carbonyl (C=O) groups excluding carboxylic acids is 1. The summed E-state index contributed by atoms with van der Waals surface area (Å²) in [4.78, 5) is 23.5. The first-order valence-electron chi connectivity index (χ1n) is 5.45. The average Bonchev–Trinajstić information content (AvgIpc) is 2.47. The van der Waals surface area contributed by atoms with Gasteiger partial charge in [0.25, 0.3) is 0 Å². The van der Waals surface area contributed by atoms with Crippen LogP contribution in [0.4, 0.5) is 15.3 Å². The van der Waals surface area contributed by atoms with Crippen molar-refractivity contribution in [3.63, 3.8) is 0 Å². The molecular weight excluding hydrogens is 287 g/mol. The van der Waals surface area contributed by atoms with E-state index in [1.54, 1.807) is 18.2 Å². The maximum atomic E-state index is 12.5. The Morgan fingerprint density at radius 3 is 2.05 bits per heavy atom. The van der Waals surface area contributed by atoms with Gasteiger partial charge in [0.2, 0.25) is 0 Å². The Kier molecular flexibility index (Phi) is 5.26. The van der Waals surface area contributed by atoms with Crippen molar-refractivity contribution >= 4 is 25.6 Å². The molecule has 0 aliphatic carbocycles. The summed E-state index contributed by atoms with van der Waals surface area (Å²) in [5.74, 6) is 0. The molecule has 0 aliphatic rings. The lowest BCUT2D eigenvalue weighted by molar-refractivity contribution is 0.159. The molecule has 0 fully saturated rings. The maximum absolute atomic E-state index is 12.5. The molecule has 9 heteroatoms. The van der Waals surface area contributed by atoms with Gasteiger partial charge in [-0.05, 0) is 12.1 Å². The Morgan fingerprint density at radius 2 is 1.65 bits per heavy atom. The third-order valence-electron chi connectivity index (χ3n) is 2.46. The predicted octanol–water partition coefficient (Wildman–Crippen LogP) is 2.62. The molecule has 1 rings (SSSR count). The Hall–Kier alpha value is -1.89. The topological polar surface area (TPSA) is 96.4 Å². The van der Waals surface area contributed by atoms with Gasteiger partial charge in [-0.25, -0.2) is 19.1 Å². The lowest BCUT2D eigenvalue weighted by Gasteiger charge is -2.29. The lowest BCUT2D eigenvalue weighted by atomic mass is 10.3. The molecular formula is C11H15N2O6P. The summed E-state index contributed by atoms with van der Waals surface area (Å²) in [5.41, 5.74) is 0.192. The van der Waals surface area contributed by atoms with Gasteiger partial charge in [-0.3, -0.25) is 9.05 Å². The van der Waals surface area contributed by atoms with Crippen molar-refractivity contribution < 1.29 is 28.3 Å². The monoisotopic (exact) mass is 302 g/mol. The van der Waals surface area contributed by atoms with Crippen molar-refractivity contribution in [3.05, 3.63) is 30.3 Å². The molecule has 0 saturated heterocycles. The van der Waals surface area contributed by atoms with Gasteiger partial charge < -0.3 is 5.11 Å². The van der Waals surface area contributed by atoms with Crippen LogP contribution in [0, 0.1) is 0 Å². The number of urea groups is 1. The number of anilines is 1. The summed E-state index contributed by atoms with van der Waals surface area (Å²) < 4.78 is 22.7. The molecule has 3 amide bonds. The third kappa shape index (κ3) is 3.16. The van der Waals surface area contributed by atoms with Gasteiger partial charge in [-0.1, -0.05) is 18.2 Å². The smallest absolute Gasteiger partial charge is 0.442 e. The Morgan fingerprint density at radius 1 is 1.15 bits per heavy atom. The number of nitrogens with zero attached hydrogens (tertiary/aromatic N) is 2. The normalized spacial score (nSPS) is 10.9. The standard InChI is InChI=1S/C11H15N2O6P/c1-12(11(15)16)10(14)13(20(17,18-2)19-3)9-7-5-4-6-8-9/h4-8H,1-3H3,(H,15,16). The zero-order valence-corrected chi connectivity index (χ0v) is 12.1. The highest BCUT2D eigenvalue weighted by atomic mass is 31.2. The van der Waals surface area contributed by atoms with Crippen molar-refractivity contribution in [1.82, 2.24) is 4.90 Å². The average molecular weight is 302 g/mol. The number of hydrogen-bond donors (Lipinski definition) is 1. The molecule has 0 atom stereocenters. The fraction of sp³-hybridized carbons (Fsp3) is 0.273. The van der Waals surface area contributed by atoms with E-state index in [9.17, 15) is 14.2 Å². The van der Waals surface area contributed by atoms with Crippen molar-refractivity contribution in [2.75, 3.05) is 25.9 Å². The highest BCUT2D eigenvalue weighted by Crippen LogP contribution is 2.53. The van der Waals surface area contributed by atoms with Crippen LogP contribution in [0.1, 0.15) is 0 Å². The fourth-order valence-electron chi connectivity index (χ4n) is 1.39. The van der Waals surface area contributed by atoms with E-state index in [0.29, 0.717) is 9.57 Å². The summed E-state index contributed by atoms with van der Waals surface area (Å²) in [6, 6.07) is 6.82. The number of hydrogen-bond acceptors (Lipinski definition) is 5. The van der Waals surface area contributed by atoms with Crippen molar-refractivity contribution in [2.45, 2.75) is 0 Å². The molecule has 110 valence electrons. The molecule has 8 nitrogen and oxygen atoms in total. The molecule has 0 heterocycles. The molecule has 0 aliphatic heterocycles. The molecule has 0 saturated carbocycles. The molecule has 1 aromatic carbocycles. The van der Waals surface area contributed by atoms with E-state index >= 15 is 0 Å². The van der Waals surface area contributed by atoms with Gasteiger partial charge in [0.15, 0.2) is 0 Å². The predicted molar refractivity (Wildman–Crippen MR) is 71.7 cm³/mol. The van der Waals surface area contributed by atoms with Gasteiger partial charge >= 0.3 is 19.9 Å². The van der Waals surface area contributed by atoms with Crippen LogP contribution < -0.4 is 4.67 Å². The highest BCUT2D eigenvalue weighted by molar-refractivity contribution is 7.56. The minimum absolute atomic E-state index is 0.192. The van der Waals surface area contributed by atoms with Gasteiger partial charge in [0, 0.05) is 21.3 Å². The number of para-hydroxylation sites is 1. The molecule has 0 unspecified atom stereocenters. The SMILES string of the molecule is COP(=O)(OC)N(C(=O)N(C)C(=O)O)c1ccccc1. The Labute approximate surface area is 116 Å². The van der Waals surface area contributed by atoms with Crippen LogP contribution in [-0.2, 0) is 13.6 Å². The summed E-state index contributed by atoms with van der Waals surface area (Å²) in [7, 11) is -0.735. The fourth-order valence-corrected chi connectivity index (χ4v) is 2.62. The maximum Gasteiger partial charge on any atom is 0.442 e. The zero-order chi connectivity index (χ0) is 15.3. The summed E-state index contributed by atoms with van der Waals surface area (Å²) in [6.07, 6.45) is -1.49. The first-order chi connectivity index (χ1) is 9.37. The minimum Gasteiger partial charge on any atom is -0.465 e. The highest BCUT2D eigenvalue weighted by Gasteiger charge is 2.40. The van der Waals surface area contributed by atoms with E-state index in [-0.39, 0.29) is 5.69 Å². The van der Waals surface area contributed by atoms with Crippen molar-refractivity contribution in [1.29, 1.82) is 0 Å². The first kappa shape index (κ1) is 16.2. The lowest BCUT2D eigenvalue weighted by Crippen LogP contribution is -2.42. The number of amides is 3. The summed E-state index contributed by atoms with van der Waals surface area (Å²) in [5, 5.41) is 8.87. The van der Waals surface area contributed by atoms with E-state index < -0.39 is 19.9 Å². The molecule has 1 aromatic rings. The van der Waals surface area contributed by atoms with Crippen LogP contribution in [-0.4, -0.2) is 43.4 Å². The number of carboxylic acid groups (broad SMARTS) is 1. The Balaban J connectivity index is 3.33. The van der Waals surface area contributed by atoms with E-state index in [4.69, 9.17) is 14.2 Å². The van der Waals surface area contributed by atoms with Gasteiger partial charge in [0.1, 0.15) is 0 Å². The molecule has 0 bridgehead atoms. The molecule has 0 aromatic heterocycles. The number of benzene rings is 1. The minimum atomic E-state index is -3.98. The summed E-state index contributed by atoms with van der Waals surface area (Å²) in [6.45, 7) is 0. The number of rotatable bonds is 4. The first-order valence-corrected chi connectivity index (χ1v) is 6.94. The largest absolute Gasteiger partial charge is 0.465 e. The quantitative estimate of drug-likeness (QED) is 0.859.